The third-order valence-corrected chi connectivity index (χ3v) is 9.28. The summed E-state index contributed by atoms with van der Waals surface area (Å²) in [5.74, 6) is -0.946. The minimum Gasteiger partial charge on any atom is -0.352 e. The second-order valence-electron chi connectivity index (χ2n) is 9.83. The molecule has 1 N–H and O–H groups in total. The van der Waals surface area contributed by atoms with Gasteiger partial charge in [-0.1, -0.05) is 66.5 Å². The fourth-order valence-electron chi connectivity index (χ4n) is 4.12. The van der Waals surface area contributed by atoms with Crippen molar-refractivity contribution in [3.63, 3.8) is 0 Å². The third-order valence-electron chi connectivity index (χ3n) is 6.80. The molecule has 0 spiro atoms. The molecular formula is C30H35Cl2N3O4S. The van der Waals surface area contributed by atoms with E-state index in [-0.39, 0.29) is 23.4 Å². The number of nitrogens with zero attached hydrogens (tertiary/aromatic N) is 2. The number of halogens is 2. The van der Waals surface area contributed by atoms with E-state index in [1.807, 2.05) is 32.9 Å². The van der Waals surface area contributed by atoms with E-state index in [0.29, 0.717) is 33.3 Å². The number of anilines is 1. The molecule has 0 saturated heterocycles. The van der Waals surface area contributed by atoms with Crippen LogP contribution < -0.4 is 9.62 Å². The Bertz CT molecular complexity index is 1440. The van der Waals surface area contributed by atoms with Crippen molar-refractivity contribution in [1.82, 2.24) is 10.2 Å². The first-order valence-electron chi connectivity index (χ1n) is 13.0. The summed E-state index contributed by atoms with van der Waals surface area (Å²) < 4.78 is 29.0. The van der Waals surface area contributed by atoms with Gasteiger partial charge >= 0.3 is 0 Å². The van der Waals surface area contributed by atoms with Crippen LogP contribution in [0.2, 0.25) is 10.0 Å². The molecule has 2 atom stereocenters. The second kappa shape index (κ2) is 13.5. The summed E-state index contributed by atoms with van der Waals surface area (Å²) in [6.45, 7) is 8.44. The highest BCUT2D eigenvalue weighted by molar-refractivity contribution is 7.92. The zero-order chi connectivity index (χ0) is 29.6. The number of carbonyl (C=O) groups is 2. The average Bonchev–Trinajstić information content (AvgIpc) is 2.92. The van der Waals surface area contributed by atoms with Gasteiger partial charge in [0.2, 0.25) is 11.8 Å². The Morgan fingerprint density at radius 2 is 1.55 bits per heavy atom. The van der Waals surface area contributed by atoms with E-state index in [0.717, 1.165) is 9.87 Å². The number of aryl methyl sites for hydroxylation is 2. The van der Waals surface area contributed by atoms with Crippen LogP contribution in [-0.2, 0) is 26.2 Å². The Kier molecular flexibility index (Phi) is 10.6. The topological polar surface area (TPSA) is 86.8 Å². The quantitative estimate of drug-likeness (QED) is 0.285. The number of nitrogens with one attached hydrogen (secondary N) is 1. The number of carbonyl (C=O) groups excluding carboxylic acids is 2. The van der Waals surface area contributed by atoms with Crippen LogP contribution in [0, 0.1) is 13.8 Å². The maximum Gasteiger partial charge on any atom is 0.264 e. The molecule has 0 aliphatic rings. The Morgan fingerprint density at radius 3 is 2.15 bits per heavy atom. The van der Waals surface area contributed by atoms with Gasteiger partial charge in [-0.05, 0) is 75.6 Å². The van der Waals surface area contributed by atoms with E-state index in [9.17, 15) is 18.0 Å². The van der Waals surface area contributed by atoms with Crippen molar-refractivity contribution < 1.29 is 18.0 Å². The van der Waals surface area contributed by atoms with Gasteiger partial charge < -0.3 is 10.2 Å². The highest BCUT2D eigenvalue weighted by Gasteiger charge is 2.34. The lowest BCUT2D eigenvalue weighted by atomic mass is 10.1. The van der Waals surface area contributed by atoms with Gasteiger partial charge in [0.1, 0.15) is 12.6 Å². The lowest BCUT2D eigenvalue weighted by Crippen LogP contribution is -2.52. The van der Waals surface area contributed by atoms with Gasteiger partial charge in [0.25, 0.3) is 10.0 Å². The van der Waals surface area contributed by atoms with Gasteiger partial charge in [-0.3, -0.25) is 13.9 Å². The van der Waals surface area contributed by atoms with Crippen molar-refractivity contribution >= 4 is 50.7 Å². The molecule has 0 aromatic heterocycles. The number of benzene rings is 3. The fourth-order valence-corrected chi connectivity index (χ4v) is 6.13. The predicted molar refractivity (Wildman–Crippen MR) is 161 cm³/mol. The van der Waals surface area contributed by atoms with E-state index in [1.165, 1.54) is 17.0 Å². The molecule has 0 unspecified atom stereocenters. The molecule has 3 rings (SSSR count). The first-order valence-corrected chi connectivity index (χ1v) is 15.2. The predicted octanol–water partition coefficient (Wildman–Crippen LogP) is 6.14. The molecule has 0 aliphatic heterocycles. The number of hydrogen-bond acceptors (Lipinski definition) is 4. The summed E-state index contributed by atoms with van der Waals surface area (Å²) in [4.78, 5) is 28.6. The minimum atomic E-state index is -4.15. The van der Waals surface area contributed by atoms with E-state index >= 15 is 0 Å². The van der Waals surface area contributed by atoms with Crippen molar-refractivity contribution in [3.8, 4) is 0 Å². The summed E-state index contributed by atoms with van der Waals surface area (Å²) in [5.41, 5.74) is 2.36. The van der Waals surface area contributed by atoms with Crippen LogP contribution in [0.25, 0.3) is 0 Å². The van der Waals surface area contributed by atoms with Gasteiger partial charge in [-0.15, -0.1) is 0 Å². The standard InChI is InChI=1S/C30H35Cl2N3O4S/c1-6-22(4)33-30(37)23(5)34(18-25-26(31)13-10-14-27(25)32)29(36)19-35(28-17-20(2)15-16-21(28)3)40(38,39)24-11-8-7-9-12-24/h7-17,22-23H,6,18-19H2,1-5H3,(H,33,37)/t22-,23-/m1/s1. The first-order chi connectivity index (χ1) is 18.9. The summed E-state index contributed by atoms with van der Waals surface area (Å²) in [7, 11) is -4.15. The lowest BCUT2D eigenvalue weighted by molar-refractivity contribution is -0.139. The van der Waals surface area contributed by atoms with Gasteiger partial charge in [-0.25, -0.2) is 8.42 Å². The van der Waals surface area contributed by atoms with Crippen LogP contribution >= 0.6 is 23.2 Å². The number of rotatable bonds is 11. The van der Waals surface area contributed by atoms with Crippen LogP contribution in [0.1, 0.15) is 43.9 Å². The van der Waals surface area contributed by atoms with Gasteiger partial charge in [0.15, 0.2) is 0 Å². The van der Waals surface area contributed by atoms with Crippen molar-refractivity contribution in [2.75, 3.05) is 10.8 Å². The Morgan fingerprint density at radius 1 is 0.925 bits per heavy atom. The molecule has 214 valence electrons. The van der Waals surface area contributed by atoms with Crippen LogP contribution in [0.3, 0.4) is 0 Å². The van der Waals surface area contributed by atoms with Gasteiger partial charge in [0.05, 0.1) is 10.6 Å². The average molecular weight is 605 g/mol. The molecular weight excluding hydrogens is 569 g/mol. The minimum absolute atomic E-state index is 0.0481. The maximum absolute atomic E-state index is 14.1. The van der Waals surface area contributed by atoms with Gasteiger partial charge in [0, 0.05) is 28.2 Å². The first kappa shape index (κ1) is 31.5. The second-order valence-corrected chi connectivity index (χ2v) is 12.5. The molecule has 10 heteroatoms. The number of sulfonamides is 1. The van der Waals surface area contributed by atoms with Crippen molar-refractivity contribution in [1.29, 1.82) is 0 Å². The number of hydrogen-bond donors (Lipinski definition) is 1. The molecule has 7 nitrogen and oxygen atoms in total. The molecule has 0 heterocycles. The molecule has 0 fully saturated rings. The Hall–Kier alpha value is -3.07. The third kappa shape index (κ3) is 7.36. The molecule has 0 radical (unpaired) electrons. The smallest absolute Gasteiger partial charge is 0.264 e. The molecule has 2 amide bonds. The van der Waals surface area contributed by atoms with Crippen LogP contribution in [0.4, 0.5) is 5.69 Å². The Labute approximate surface area is 247 Å². The monoisotopic (exact) mass is 603 g/mol. The largest absolute Gasteiger partial charge is 0.352 e. The molecule has 3 aromatic rings. The van der Waals surface area contributed by atoms with E-state index in [1.54, 1.807) is 56.3 Å². The van der Waals surface area contributed by atoms with Gasteiger partial charge in [-0.2, -0.15) is 0 Å². The normalized spacial score (nSPS) is 12.9. The number of amides is 2. The van der Waals surface area contributed by atoms with E-state index in [4.69, 9.17) is 23.2 Å². The van der Waals surface area contributed by atoms with E-state index in [2.05, 4.69) is 5.32 Å². The lowest BCUT2D eigenvalue weighted by Gasteiger charge is -2.33. The summed E-state index contributed by atoms with van der Waals surface area (Å²) in [6, 6.07) is 17.3. The van der Waals surface area contributed by atoms with Crippen LogP contribution in [0.5, 0.6) is 0 Å². The summed E-state index contributed by atoms with van der Waals surface area (Å²) in [5, 5.41) is 3.58. The molecule has 0 aliphatic carbocycles. The van der Waals surface area contributed by atoms with E-state index < -0.39 is 28.5 Å². The van der Waals surface area contributed by atoms with Crippen LogP contribution in [-0.4, -0.2) is 43.8 Å². The summed E-state index contributed by atoms with van der Waals surface area (Å²) >= 11 is 12.9. The fraction of sp³-hybridized carbons (Fsp3) is 0.333. The molecule has 3 aromatic carbocycles. The highest BCUT2D eigenvalue weighted by Crippen LogP contribution is 2.30. The molecule has 0 saturated carbocycles. The zero-order valence-electron chi connectivity index (χ0n) is 23.3. The SMILES string of the molecule is CC[C@@H](C)NC(=O)[C@@H](C)N(Cc1c(Cl)cccc1Cl)C(=O)CN(c1cc(C)ccc1C)S(=O)(=O)c1ccccc1. The molecule has 40 heavy (non-hydrogen) atoms. The van der Waals surface area contributed by atoms with Crippen molar-refractivity contribution in [2.45, 2.75) is 64.6 Å². The van der Waals surface area contributed by atoms with Crippen molar-refractivity contribution in [2.24, 2.45) is 0 Å². The zero-order valence-corrected chi connectivity index (χ0v) is 25.6. The highest BCUT2D eigenvalue weighted by atomic mass is 35.5. The van der Waals surface area contributed by atoms with Crippen molar-refractivity contribution in [3.05, 3.63) is 93.5 Å². The molecule has 0 bridgehead atoms. The summed E-state index contributed by atoms with van der Waals surface area (Å²) in [6.07, 6.45) is 0.707. The maximum atomic E-state index is 14.1. The van der Waals surface area contributed by atoms with Crippen LogP contribution in [0.15, 0.2) is 71.6 Å². The Balaban J connectivity index is 2.10.